The maximum absolute atomic E-state index is 11.7. The molecular weight excluding hydrogens is 252 g/mol. The van der Waals surface area contributed by atoms with Crippen LogP contribution in [0, 0.1) is 0 Å². The van der Waals surface area contributed by atoms with E-state index in [0.29, 0.717) is 13.0 Å². The van der Waals surface area contributed by atoms with Crippen molar-refractivity contribution in [1.29, 1.82) is 0 Å². The van der Waals surface area contributed by atoms with Crippen LogP contribution in [0.25, 0.3) is 0 Å². The van der Waals surface area contributed by atoms with Crippen LogP contribution in [0.3, 0.4) is 0 Å². The Morgan fingerprint density at radius 1 is 1.44 bits per heavy atom. The lowest BCUT2D eigenvalue weighted by Crippen LogP contribution is -2.57. The lowest BCUT2D eigenvalue weighted by Gasteiger charge is -2.40. The zero-order valence-corrected chi connectivity index (χ0v) is 12.0. The minimum Gasteiger partial charge on any atom is -0.480 e. The summed E-state index contributed by atoms with van der Waals surface area (Å²) < 4.78 is 0.156. The number of thioether (sulfide) groups is 1. The lowest BCUT2D eigenvalue weighted by atomic mass is 9.84. The van der Waals surface area contributed by atoms with Crippen LogP contribution < -0.4 is 10.6 Å². The largest absolute Gasteiger partial charge is 0.480 e. The minimum absolute atomic E-state index is 0.156. The fourth-order valence-corrected chi connectivity index (χ4v) is 2.77. The second-order valence-electron chi connectivity index (χ2n) is 5.04. The zero-order chi connectivity index (χ0) is 13.8. The van der Waals surface area contributed by atoms with Crippen LogP contribution in [0.2, 0.25) is 0 Å². The van der Waals surface area contributed by atoms with Crippen molar-refractivity contribution in [2.24, 2.45) is 0 Å². The molecule has 0 aromatic heterocycles. The van der Waals surface area contributed by atoms with E-state index in [0.717, 1.165) is 12.8 Å². The molecular formula is C12H22N2O3S. The van der Waals surface area contributed by atoms with Crippen molar-refractivity contribution in [2.75, 3.05) is 12.8 Å². The smallest absolute Gasteiger partial charge is 0.329 e. The van der Waals surface area contributed by atoms with E-state index in [-0.39, 0.29) is 4.75 Å². The monoisotopic (exact) mass is 274 g/mol. The summed E-state index contributed by atoms with van der Waals surface area (Å²) in [6, 6.07) is -0.401. The average molecular weight is 274 g/mol. The van der Waals surface area contributed by atoms with Crippen LogP contribution in [0.1, 0.15) is 39.5 Å². The van der Waals surface area contributed by atoms with E-state index >= 15 is 0 Å². The molecule has 0 radical (unpaired) electrons. The summed E-state index contributed by atoms with van der Waals surface area (Å²) in [6.45, 7) is 3.85. The molecule has 5 nitrogen and oxygen atoms in total. The highest BCUT2D eigenvalue weighted by atomic mass is 32.2. The van der Waals surface area contributed by atoms with Crippen molar-refractivity contribution in [3.63, 3.8) is 0 Å². The predicted molar refractivity (Wildman–Crippen MR) is 73.0 cm³/mol. The average Bonchev–Trinajstić information content (AvgIpc) is 2.27. The Balaban J connectivity index is 2.44. The van der Waals surface area contributed by atoms with E-state index in [1.165, 1.54) is 13.3 Å². The second kappa shape index (κ2) is 5.82. The van der Waals surface area contributed by atoms with Gasteiger partial charge in [0.1, 0.15) is 5.54 Å². The molecule has 2 amide bonds. The molecule has 1 atom stereocenters. The highest BCUT2D eigenvalue weighted by Gasteiger charge is 2.37. The first-order valence-corrected chi connectivity index (χ1v) is 7.44. The Bertz CT molecular complexity index is 326. The summed E-state index contributed by atoms with van der Waals surface area (Å²) in [5.74, 6) is -1.01. The van der Waals surface area contributed by atoms with Gasteiger partial charge < -0.3 is 15.7 Å². The molecule has 0 bridgehead atoms. The number of urea groups is 1. The Kier molecular flexibility index (Phi) is 4.90. The molecule has 0 aliphatic heterocycles. The number of carboxylic acid groups (broad SMARTS) is 1. The molecule has 0 aromatic carbocycles. The number of amides is 2. The molecule has 1 rings (SSSR count). The number of aliphatic carboxylic acids is 1. The van der Waals surface area contributed by atoms with Gasteiger partial charge in [-0.25, -0.2) is 9.59 Å². The molecule has 1 fully saturated rings. The van der Waals surface area contributed by atoms with Gasteiger partial charge in [-0.2, -0.15) is 11.8 Å². The Hall–Kier alpha value is -0.910. The normalized spacial score (nSPS) is 20.4. The van der Waals surface area contributed by atoms with Crippen LogP contribution in [-0.2, 0) is 4.79 Å². The molecule has 1 saturated carbocycles. The van der Waals surface area contributed by atoms with Crippen molar-refractivity contribution in [3.8, 4) is 0 Å². The fourth-order valence-electron chi connectivity index (χ4n) is 1.85. The molecule has 18 heavy (non-hydrogen) atoms. The lowest BCUT2D eigenvalue weighted by molar-refractivity contribution is -0.143. The van der Waals surface area contributed by atoms with Gasteiger partial charge in [0, 0.05) is 11.3 Å². The third kappa shape index (κ3) is 3.31. The number of carbonyl (C=O) groups is 2. The summed E-state index contributed by atoms with van der Waals surface area (Å²) in [4.78, 5) is 22.8. The van der Waals surface area contributed by atoms with E-state index in [2.05, 4.69) is 10.6 Å². The number of hydrogen-bond acceptors (Lipinski definition) is 3. The van der Waals surface area contributed by atoms with E-state index in [9.17, 15) is 9.59 Å². The first kappa shape index (κ1) is 15.1. The van der Waals surface area contributed by atoms with Gasteiger partial charge in [-0.05, 0) is 32.4 Å². The van der Waals surface area contributed by atoms with Gasteiger partial charge in [0.05, 0.1) is 0 Å². The van der Waals surface area contributed by atoms with E-state index in [1.54, 1.807) is 18.7 Å². The number of rotatable bonds is 6. The van der Waals surface area contributed by atoms with Crippen molar-refractivity contribution >= 4 is 23.8 Å². The third-order valence-electron chi connectivity index (χ3n) is 3.84. The SMILES string of the molecule is CCC(C)(NC(=O)NCC1(SC)CCC1)C(=O)O. The molecule has 0 saturated heterocycles. The molecule has 104 valence electrons. The van der Waals surface area contributed by atoms with Gasteiger partial charge in [0.25, 0.3) is 0 Å². The molecule has 0 heterocycles. The van der Waals surface area contributed by atoms with Gasteiger partial charge >= 0.3 is 12.0 Å². The third-order valence-corrected chi connectivity index (χ3v) is 5.26. The number of nitrogens with one attached hydrogen (secondary N) is 2. The Labute approximate surface area is 112 Å². The van der Waals surface area contributed by atoms with Crippen LogP contribution in [0.4, 0.5) is 4.79 Å². The number of carbonyl (C=O) groups excluding carboxylic acids is 1. The Morgan fingerprint density at radius 3 is 2.39 bits per heavy atom. The predicted octanol–water partition coefficient (Wildman–Crippen LogP) is 1.82. The standard InChI is InChI=1S/C12H22N2O3S/c1-4-11(2,9(15)16)14-10(17)13-8-12(18-3)6-5-7-12/h4-8H2,1-3H3,(H,15,16)(H2,13,14,17). The summed E-state index contributed by atoms with van der Waals surface area (Å²) in [5, 5.41) is 14.4. The van der Waals surface area contributed by atoms with Crippen molar-refractivity contribution in [3.05, 3.63) is 0 Å². The first-order chi connectivity index (χ1) is 8.37. The molecule has 3 N–H and O–H groups in total. The van der Waals surface area contributed by atoms with E-state index < -0.39 is 17.5 Å². The van der Waals surface area contributed by atoms with Gasteiger partial charge in [-0.3, -0.25) is 0 Å². The summed E-state index contributed by atoms with van der Waals surface area (Å²) in [6.07, 6.45) is 5.82. The van der Waals surface area contributed by atoms with Crippen molar-refractivity contribution < 1.29 is 14.7 Å². The number of hydrogen-bond donors (Lipinski definition) is 3. The van der Waals surface area contributed by atoms with Gasteiger partial charge in [-0.15, -0.1) is 0 Å². The molecule has 1 aliphatic rings. The highest BCUT2D eigenvalue weighted by molar-refractivity contribution is 8.00. The van der Waals surface area contributed by atoms with Crippen molar-refractivity contribution in [1.82, 2.24) is 10.6 Å². The summed E-state index contributed by atoms with van der Waals surface area (Å²) in [5.41, 5.74) is -1.20. The van der Waals surface area contributed by atoms with Crippen LogP contribution >= 0.6 is 11.8 Å². The van der Waals surface area contributed by atoms with Crippen molar-refractivity contribution in [2.45, 2.75) is 49.8 Å². The minimum atomic E-state index is -1.20. The Morgan fingerprint density at radius 2 is 2.06 bits per heavy atom. The molecule has 1 unspecified atom stereocenters. The molecule has 1 aliphatic carbocycles. The zero-order valence-electron chi connectivity index (χ0n) is 11.2. The topological polar surface area (TPSA) is 78.4 Å². The van der Waals surface area contributed by atoms with E-state index in [1.807, 2.05) is 6.26 Å². The van der Waals surface area contributed by atoms with Gasteiger partial charge in [-0.1, -0.05) is 13.3 Å². The quantitative estimate of drug-likeness (QED) is 0.690. The molecule has 0 aromatic rings. The maximum atomic E-state index is 11.7. The second-order valence-corrected chi connectivity index (χ2v) is 6.31. The highest BCUT2D eigenvalue weighted by Crippen LogP contribution is 2.42. The van der Waals surface area contributed by atoms with Gasteiger partial charge in [0.2, 0.25) is 0 Å². The van der Waals surface area contributed by atoms with Gasteiger partial charge in [0.15, 0.2) is 0 Å². The number of carboxylic acids is 1. The van der Waals surface area contributed by atoms with E-state index in [4.69, 9.17) is 5.11 Å². The molecule has 6 heteroatoms. The van der Waals surface area contributed by atoms with Crippen LogP contribution in [0.5, 0.6) is 0 Å². The van der Waals surface area contributed by atoms with Crippen LogP contribution in [-0.4, -0.2) is 40.2 Å². The maximum Gasteiger partial charge on any atom is 0.329 e. The molecule has 0 spiro atoms. The first-order valence-electron chi connectivity index (χ1n) is 6.22. The summed E-state index contributed by atoms with van der Waals surface area (Å²) in [7, 11) is 0. The van der Waals surface area contributed by atoms with Crippen LogP contribution in [0.15, 0.2) is 0 Å². The fraction of sp³-hybridized carbons (Fsp3) is 0.833. The summed E-state index contributed by atoms with van der Waals surface area (Å²) >= 11 is 1.77.